The molecule has 0 unspecified atom stereocenters. The molecule has 0 saturated heterocycles. The zero-order valence-corrected chi connectivity index (χ0v) is 8.46. The van der Waals surface area contributed by atoms with Crippen LogP contribution in [0.2, 0.25) is 0 Å². The highest BCUT2D eigenvalue weighted by Gasteiger charge is 2.65. The van der Waals surface area contributed by atoms with Crippen molar-refractivity contribution in [3.8, 4) is 0 Å². The first kappa shape index (κ1) is 11.2. The number of nitrogens with one attached hydrogen (secondary N) is 1. The summed E-state index contributed by atoms with van der Waals surface area (Å²) in [7, 11) is -9.65. The Balaban J connectivity index is 2.58. The highest BCUT2D eigenvalue weighted by molar-refractivity contribution is 8.45. The number of rotatable bonds is 1. The second kappa shape index (κ2) is 2.34. The Kier molecular flexibility index (Phi) is 1.64. The molecule has 1 N–H and O–H groups in total. The smallest absolute Gasteiger partial charge is 0.310 e. The van der Waals surface area contributed by atoms with E-state index >= 15 is 0 Å². The van der Waals surface area contributed by atoms with Gasteiger partial charge < -0.3 is 5.32 Å². The van der Waals surface area contributed by atoms with Gasteiger partial charge in [0.15, 0.2) is 0 Å². The summed E-state index contributed by atoms with van der Waals surface area (Å²) in [5.74, 6) is -0.505. The number of hydrogen-bond acceptors (Lipinski definition) is 1. The van der Waals surface area contributed by atoms with Gasteiger partial charge in [0, 0.05) is 5.69 Å². The van der Waals surface area contributed by atoms with Gasteiger partial charge in [0.1, 0.15) is 4.90 Å². The van der Waals surface area contributed by atoms with Crippen LogP contribution in [0.4, 0.5) is 25.1 Å². The zero-order chi connectivity index (χ0) is 12.3. The van der Waals surface area contributed by atoms with E-state index in [1.54, 1.807) is 0 Å². The number of hydrogen-bond donors (Lipinski definition) is 1. The van der Waals surface area contributed by atoms with Gasteiger partial charge in [-0.05, 0) is 17.7 Å². The fourth-order valence-corrected chi connectivity index (χ4v) is 2.10. The highest BCUT2D eigenvalue weighted by atomic mass is 32.5. The molecule has 1 aliphatic heterocycles. The van der Waals surface area contributed by atoms with Crippen molar-refractivity contribution in [2.24, 2.45) is 0 Å². The molecule has 0 atom stereocenters. The number of carbonyl (C=O) groups excluding carboxylic acids is 1. The first-order valence-corrected chi connectivity index (χ1v) is 6.08. The number of anilines is 1. The Bertz CT molecular complexity index is 494. The van der Waals surface area contributed by atoms with E-state index in [1.165, 1.54) is 0 Å². The van der Waals surface area contributed by atoms with Crippen molar-refractivity contribution in [3.05, 3.63) is 23.8 Å². The summed E-state index contributed by atoms with van der Waals surface area (Å²) < 4.78 is 62.0. The minimum absolute atomic E-state index is 0.0874. The van der Waals surface area contributed by atoms with Gasteiger partial charge in [-0.15, -0.1) is 0 Å². The average molecular weight is 259 g/mol. The molecule has 0 aromatic heterocycles. The van der Waals surface area contributed by atoms with Gasteiger partial charge in [0.25, 0.3) is 0 Å². The molecule has 1 aliphatic rings. The van der Waals surface area contributed by atoms with Crippen LogP contribution in [0.3, 0.4) is 0 Å². The Labute approximate surface area is 87.2 Å². The number of halogens is 5. The van der Waals surface area contributed by atoms with Crippen molar-refractivity contribution >= 4 is 21.8 Å². The van der Waals surface area contributed by atoms with E-state index in [9.17, 15) is 24.2 Å². The first-order valence-electron chi connectivity index (χ1n) is 4.12. The van der Waals surface area contributed by atoms with Crippen molar-refractivity contribution in [3.63, 3.8) is 0 Å². The maximum atomic E-state index is 12.4. The summed E-state index contributed by atoms with van der Waals surface area (Å²) in [6.45, 7) is 0. The minimum Gasteiger partial charge on any atom is -0.325 e. The summed E-state index contributed by atoms with van der Waals surface area (Å²) in [5, 5.41) is 2.09. The fourth-order valence-electron chi connectivity index (χ4n) is 1.43. The number of amides is 1. The molecule has 0 radical (unpaired) electrons. The van der Waals surface area contributed by atoms with Crippen molar-refractivity contribution in [1.82, 2.24) is 0 Å². The summed E-state index contributed by atoms with van der Waals surface area (Å²) >= 11 is 0. The van der Waals surface area contributed by atoms with Crippen LogP contribution in [0.1, 0.15) is 5.56 Å². The quantitative estimate of drug-likeness (QED) is 0.763. The number of fused-ring (bicyclic) bond motifs is 1. The van der Waals surface area contributed by atoms with Crippen LogP contribution in [0.15, 0.2) is 23.1 Å². The Morgan fingerprint density at radius 2 is 1.75 bits per heavy atom. The van der Waals surface area contributed by atoms with E-state index in [4.69, 9.17) is 0 Å². The van der Waals surface area contributed by atoms with E-state index in [2.05, 4.69) is 5.32 Å². The highest BCUT2D eigenvalue weighted by Crippen LogP contribution is 3.02. The van der Waals surface area contributed by atoms with Crippen molar-refractivity contribution in [1.29, 1.82) is 0 Å². The zero-order valence-electron chi connectivity index (χ0n) is 7.65. The molecule has 1 amide bonds. The molecule has 16 heavy (non-hydrogen) atoms. The lowest BCUT2D eigenvalue weighted by Gasteiger charge is -2.40. The second-order valence-corrected chi connectivity index (χ2v) is 5.92. The molecule has 90 valence electrons. The van der Waals surface area contributed by atoms with E-state index in [-0.39, 0.29) is 23.7 Å². The molecule has 0 spiro atoms. The third kappa shape index (κ3) is 1.97. The molecule has 0 fully saturated rings. The molecule has 8 heteroatoms. The van der Waals surface area contributed by atoms with E-state index in [0.717, 1.165) is 6.07 Å². The molecule has 1 heterocycles. The van der Waals surface area contributed by atoms with E-state index in [0.29, 0.717) is 6.07 Å². The fraction of sp³-hybridized carbons (Fsp3) is 0.125. The predicted octanol–water partition coefficient (Wildman–Crippen LogP) is 3.84. The molecule has 2 rings (SSSR count). The van der Waals surface area contributed by atoms with Crippen LogP contribution in [-0.4, -0.2) is 5.91 Å². The predicted molar refractivity (Wildman–Crippen MR) is 50.2 cm³/mol. The van der Waals surface area contributed by atoms with Gasteiger partial charge >= 0.3 is 10.2 Å². The minimum atomic E-state index is -9.65. The third-order valence-corrected chi connectivity index (χ3v) is 3.30. The molecular weight excluding hydrogens is 253 g/mol. The van der Waals surface area contributed by atoms with E-state index in [1.807, 2.05) is 0 Å². The summed E-state index contributed by atoms with van der Waals surface area (Å²) in [6.07, 6.45) is -0.0874. The average Bonchev–Trinajstić information content (AvgIpc) is 2.38. The summed E-state index contributed by atoms with van der Waals surface area (Å²) in [5.41, 5.74) is 0.0892. The molecule has 1 aromatic carbocycles. The van der Waals surface area contributed by atoms with Gasteiger partial charge in [0.2, 0.25) is 5.91 Å². The largest absolute Gasteiger partial charge is 0.325 e. The van der Waals surface area contributed by atoms with Gasteiger partial charge in [0.05, 0.1) is 6.42 Å². The molecule has 0 bridgehead atoms. The lowest BCUT2D eigenvalue weighted by atomic mass is 10.2. The molecule has 0 aliphatic carbocycles. The van der Waals surface area contributed by atoms with E-state index < -0.39 is 21.0 Å². The first-order chi connectivity index (χ1) is 6.95. The van der Waals surface area contributed by atoms with Crippen LogP contribution in [0.5, 0.6) is 0 Å². The van der Waals surface area contributed by atoms with Crippen molar-refractivity contribution in [2.75, 3.05) is 5.32 Å². The Hall–Kier alpha value is -1.31. The molecular formula is C8H6F5NOS. The second-order valence-electron chi connectivity index (χ2n) is 3.51. The van der Waals surface area contributed by atoms with Gasteiger partial charge in [-0.25, -0.2) is 0 Å². The number of carbonyl (C=O) groups is 1. The van der Waals surface area contributed by atoms with Crippen LogP contribution >= 0.6 is 10.2 Å². The lowest BCUT2D eigenvalue weighted by Crippen LogP contribution is -2.07. The van der Waals surface area contributed by atoms with Crippen LogP contribution in [0.25, 0.3) is 0 Å². The molecule has 0 saturated carbocycles. The maximum Gasteiger partial charge on any atom is 0.310 e. The molecule has 2 nitrogen and oxygen atoms in total. The normalized spacial score (nSPS) is 19.7. The van der Waals surface area contributed by atoms with Crippen LogP contribution in [-0.2, 0) is 11.2 Å². The van der Waals surface area contributed by atoms with Gasteiger partial charge in [-0.2, -0.15) is 0 Å². The van der Waals surface area contributed by atoms with Crippen LogP contribution < -0.4 is 5.32 Å². The summed E-state index contributed by atoms with van der Waals surface area (Å²) in [4.78, 5) is 8.87. The third-order valence-electron chi connectivity index (χ3n) is 2.15. The summed E-state index contributed by atoms with van der Waals surface area (Å²) in [6, 6.07) is 1.48. The standard InChI is InChI=1S/C8H6F5NOS/c9-16(10,11,12,13)6-2-1-5-3-8(15)14-7(5)4-6/h1-2,4H,3H2,(H,14,15). The van der Waals surface area contributed by atoms with Crippen molar-refractivity contribution in [2.45, 2.75) is 11.3 Å². The maximum absolute atomic E-state index is 12.4. The monoisotopic (exact) mass is 259 g/mol. The van der Waals surface area contributed by atoms with Gasteiger partial charge in [-0.1, -0.05) is 25.5 Å². The van der Waals surface area contributed by atoms with Crippen LogP contribution in [0, 0.1) is 0 Å². The van der Waals surface area contributed by atoms with Gasteiger partial charge in [-0.3, -0.25) is 4.79 Å². The Morgan fingerprint density at radius 1 is 1.12 bits per heavy atom. The SMILES string of the molecule is O=C1Cc2ccc(S(F)(F)(F)(F)F)cc2N1. The number of benzene rings is 1. The lowest BCUT2D eigenvalue weighted by molar-refractivity contribution is -0.115. The topological polar surface area (TPSA) is 29.1 Å². The molecule has 1 aromatic rings. The Morgan fingerprint density at radius 3 is 2.31 bits per heavy atom. The van der Waals surface area contributed by atoms with Crippen molar-refractivity contribution < 1.29 is 24.2 Å².